The molecule has 3 atom stereocenters. The summed E-state index contributed by atoms with van der Waals surface area (Å²) in [4.78, 5) is 58.3. The zero-order chi connectivity index (χ0) is 26.0. The van der Waals surface area contributed by atoms with Crippen molar-refractivity contribution in [2.45, 2.75) is 11.4 Å². The van der Waals surface area contributed by atoms with Gasteiger partial charge in [-0.3, -0.25) is 24.5 Å². The molecule has 36 heavy (non-hydrogen) atoms. The van der Waals surface area contributed by atoms with E-state index in [-0.39, 0.29) is 34.5 Å². The fourth-order valence-electron chi connectivity index (χ4n) is 3.76. The number of nitrogens with zero attached hydrogens (tertiary/aromatic N) is 4. The van der Waals surface area contributed by atoms with E-state index in [1.807, 2.05) is 0 Å². The summed E-state index contributed by atoms with van der Waals surface area (Å²) in [5, 5.41) is 28.4. The highest BCUT2D eigenvalue weighted by Crippen LogP contribution is 2.43. The number of thiazole rings is 1. The summed E-state index contributed by atoms with van der Waals surface area (Å²) in [7, 11) is 1.27. The maximum Gasteiger partial charge on any atom is 0.316 e. The van der Waals surface area contributed by atoms with E-state index in [1.165, 1.54) is 59.5 Å². The number of aromatic nitrogens is 1. The maximum atomic E-state index is 12.9. The lowest BCUT2D eigenvalue weighted by molar-refractivity contribution is -0.384. The smallest absolute Gasteiger partial charge is 0.316 e. The average Bonchev–Trinajstić information content (AvgIpc) is 3.29. The average molecular weight is 533 g/mol. The van der Waals surface area contributed by atoms with Gasteiger partial charge in [0.05, 0.1) is 4.92 Å². The Kier molecular flexibility index (Phi) is 6.94. The lowest BCUT2D eigenvalue weighted by Gasteiger charge is -2.53. The highest BCUT2D eigenvalue weighted by Gasteiger charge is 2.56. The third-order valence-corrected chi connectivity index (χ3v) is 7.90. The summed E-state index contributed by atoms with van der Waals surface area (Å²) >= 11 is 2.35. The number of hydrogen-bond acceptors (Lipinski definition) is 11. The number of carbonyl (C=O) groups excluding carboxylic acids is 2. The molecule has 0 spiro atoms. The van der Waals surface area contributed by atoms with Crippen LogP contribution in [0.4, 0.5) is 10.8 Å². The molecule has 2 unspecified atom stereocenters. The number of amides is 2. The second-order valence-electron chi connectivity index (χ2n) is 7.96. The number of nitrogens with two attached hydrogens (primary N) is 1. The number of carboxylic acid groups (broad SMARTS) is 1. The van der Waals surface area contributed by atoms with E-state index in [1.54, 1.807) is 6.08 Å². The molecule has 4 rings (SSSR count). The first-order chi connectivity index (χ1) is 17.1. The number of aliphatic carboxylic acids is 1. The second kappa shape index (κ2) is 9.94. The highest BCUT2D eigenvalue weighted by molar-refractivity contribution is 8.00. The molecule has 0 aliphatic carbocycles. The van der Waals surface area contributed by atoms with E-state index in [2.05, 4.69) is 15.5 Å². The third kappa shape index (κ3) is 4.74. The van der Waals surface area contributed by atoms with Crippen molar-refractivity contribution in [3.63, 3.8) is 0 Å². The summed E-state index contributed by atoms with van der Waals surface area (Å²) in [6.07, 6.45) is 3.06. The van der Waals surface area contributed by atoms with Gasteiger partial charge in [0.1, 0.15) is 29.6 Å². The van der Waals surface area contributed by atoms with E-state index in [0.29, 0.717) is 5.56 Å². The number of fused-ring (bicyclic) bond motifs is 1. The normalized spacial score (nSPS) is 23.6. The molecule has 4 N–H and O–H groups in total. The molecule has 2 fully saturated rings. The number of nitro groups is 1. The number of benzene rings is 1. The van der Waals surface area contributed by atoms with Crippen LogP contribution >= 0.6 is 23.1 Å². The molecule has 2 aliphatic rings. The van der Waals surface area contributed by atoms with Gasteiger partial charge in [0.15, 0.2) is 10.8 Å². The van der Waals surface area contributed by atoms with Crippen LogP contribution in [-0.4, -0.2) is 74.2 Å². The Bertz CT molecular complexity index is 1280. The van der Waals surface area contributed by atoms with Crippen LogP contribution in [0, 0.1) is 15.5 Å². The van der Waals surface area contributed by atoms with Gasteiger partial charge in [-0.15, -0.1) is 23.1 Å². The van der Waals surface area contributed by atoms with Crippen LogP contribution in [0.2, 0.25) is 0 Å². The van der Waals surface area contributed by atoms with Crippen LogP contribution in [0.15, 0.2) is 40.9 Å². The van der Waals surface area contributed by atoms with Gasteiger partial charge >= 0.3 is 5.97 Å². The Morgan fingerprint density at radius 1 is 1.42 bits per heavy atom. The second-order valence-corrected chi connectivity index (χ2v) is 9.95. The Morgan fingerprint density at radius 3 is 2.72 bits per heavy atom. The molecule has 2 aromatic rings. The van der Waals surface area contributed by atoms with Gasteiger partial charge in [-0.1, -0.05) is 17.3 Å². The summed E-state index contributed by atoms with van der Waals surface area (Å²) in [6.45, 7) is -0.0870. The largest absolute Gasteiger partial charge is 0.481 e. The minimum atomic E-state index is -1.37. The molecule has 2 aliphatic heterocycles. The van der Waals surface area contributed by atoms with E-state index in [9.17, 15) is 29.6 Å². The number of β-lactam (4-membered cyclic amide) rings is 1. The van der Waals surface area contributed by atoms with Gasteiger partial charge in [-0.05, 0) is 17.7 Å². The first kappa shape index (κ1) is 25.1. The predicted octanol–water partition coefficient (Wildman–Crippen LogP) is 1.17. The molecule has 0 radical (unpaired) electrons. The van der Waals surface area contributed by atoms with Crippen molar-refractivity contribution >= 4 is 63.5 Å². The Hall–Kier alpha value is -3.98. The van der Waals surface area contributed by atoms with Gasteiger partial charge in [0, 0.05) is 29.8 Å². The summed E-state index contributed by atoms with van der Waals surface area (Å²) in [5.74, 6) is -2.06. The number of nitrogens with one attached hydrogen (secondary N) is 1. The first-order valence-electron chi connectivity index (χ1n) is 10.4. The van der Waals surface area contributed by atoms with Gasteiger partial charge in [0.25, 0.3) is 11.6 Å². The lowest BCUT2D eigenvalue weighted by Crippen LogP contribution is -2.73. The van der Waals surface area contributed by atoms with Gasteiger partial charge < -0.3 is 25.9 Å². The zero-order valence-electron chi connectivity index (χ0n) is 18.7. The number of rotatable bonds is 8. The number of thioether (sulfide) groups is 1. The molecule has 0 bridgehead atoms. The first-order valence-corrected chi connectivity index (χ1v) is 12.3. The van der Waals surface area contributed by atoms with Crippen molar-refractivity contribution in [2.75, 3.05) is 25.1 Å². The Balaban J connectivity index is 1.46. The Morgan fingerprint density at radius 2 is 2.14 bits per heavy atom. The van der Waals surface area contributed by atoms with Crippen LogP contribution in [0.5, 0.6) is 0 Å². The molecule has 188 valence electrons. The van der Waals surface area contributed by atoms with Crippen LogP contribution < -0.4 is 11.1 Å². The fourth-order valence-corrected chi connectivity index (χ4v) is 5.82. The molecule has 13 nitrogen and oxygen atoms in total. The third-order valence-electron chi connectivity index (χ3n) is 5.68. The molecule has 1 aromatic carbocycles. The Labute approximate surface area is 212 Å². The van der Waals surface area contributed by atoms with Gasteiger partial charge in [-0.2, -0.15) is 0 Å². The predicted molar refractivity (Wildman–Crippen MR) is 132 cm³/mol. The molecule has 0 saturated carbocycles. The van der Waals surface area contributed by atoms with Crippen molar-refractivity contribution in [2.24, 2.45) is 10.6 Å². The van der Waals surface area contributed by atoms with Crippen molar-refractivity contribution in [3.8, 4) is 0 Å². The van der Waals surface area contributed by atoms with Crippen molar-refractivity contribution in [1.29, 1.82) is 0 Å². The van der Waals surface area contributed by atoms with E-state index in [4.69, 9.17) is 10.6 Å². The molecule has 2 saturated heterocycles. The molecule has 2 amide bonds. The van der Waals surface area contributed by atoms with Crippen LogP contribution in [-0.2, 0) is 19.2 Å². The molecule has 3 heterocycles. The standard InChI is InChI=1S/C21H20N6O7S2/c1-34-25-14(13-8-35-20(22)23-13)16(28)24-15-17(29)26-9-21(19(30)31,10-36-18(15)26)7-6-11-2-4-12(5-3-11)27(32)33/h2-8,15,18H,9-10H2,1H3,(H2,22,23)(H,24,28)(H,30,31)/t15?,18-,21?/m1/s1. The number of anilines is 1. The highest BCUT2D eigenvalue weighted by atomic mass is 32.2. The molecular weight excluding hydrogens is 512 g/mol. The van der Waals surface area contributed by atoms with Crippen LogP contribution in [0.3, 0.4) is 0 Å². The topological polar surface area (TPSA) is 190 Å². The fraction of sp³-hybridized carbons (Fsp3) is 0.286. The molecular formula is C21H20N6O7S2. The summed E-state index contributed by atoms with van der Waals surface area (Å²) in [5.41, 5.74) is 4.84. The molecule has 15 heteroatoms. The SMILES string of the molecule is CON=C(C(=O)NC1C(=O)N2CC(C=Cc3ccc([N+](=O)[O-])cc3)(C(=O)O)CS[C@H]12)c1csc(N)n1. The quantitative estimate of drug-likeness (QED) is 0.192. The van der Waals surface area contributed by atoms with Gasteiger partial charge in [-0.25, -0.2) is 4.98 Å². The number of carboxylic acids is 1. The molecule has 1 aromatic heterocycles. The van der Waals surface area contributed by atoms with Crippen molar-refractivity contribution in [1.82, 2.24) is 15.2 Å². The maximum absolute atomic E-state index is 12.9. The van der Waals surface area contributed by atoms with E-state index >= 15 is 0 Å². The van der Waals surface area contributed by atoms with Gasteiger partial charge in [0.2, 0.25) is 5.91 Å². The monoisotopic (exact) mass is 532 g/mol. The number of non-ortho nitro benzene ring substituents is 1. The number of nitro benzene ring substituents is 1. The number of hydrogen-bond donors (Lipinski definition) is 3. The lowest BCUT2D eigenvalue weighted by atomic mass is 9.86. The number of oxime groups is 1. The summed E-state index contributed by atoms with van der Waals surface area (Å²) in [6, 6.07) is 4.81. The summed E-state index contributed by atoms with van der Waals surface area (Å²) < 4.78 is 0. The van der Waals surface area contributed by atoms with Crippen molar-refractivity contribution in [3.05, 3.63) is 57.1 Å². The van der Waals surface area contributed by atoms with Crippen LogP contribution in [0.25, 0.3) is 6.08 Å². The number of carbonyl (C=O) groups is 3. The van der Waals surface area contributed by atoms with E-state index in [0.717, 1.165) is 11.3 Å². The zero-order valence-corrected chi connectivity index (χ0v) is 20.3. The minimum Gasteiger partial charge on any atom is -0.481 e. The van der Waals surface area contributed by atoms with Crippen molar-refractivity contribution < 1.29 is 29.3 Å². The van der Waals surface area contributed by atoms with E-state index < -0.39 is 39.5 Å². The van der Waals surface area contributed by atoms with Crippen LogP contribution in [0.1, 0.15) is 11.3 Å². The minimum absolute atomic E-state index is 0.0765. The number of nitrogen functional groups attached to an aromatic ring is 1.